The molecule has 1 amide bonds. The Morgan fingerprint density at radius 1 is 1.25 bits per heavy atom. The van der Waals surface area contributed by atoms with Crippen LogP contribution in [0.25, 0.3) is 5.69 Å². The van der Waals surface area contributed by atoms with Crippen molar-refractivity contribution in [2.75, 3.05) is 7.11 Å². The van der Waals surface area contributed by atoms with Crippen molar-refractivity contribution in [2.24, 2.45) is 0 Å². The molecule has 3 rings (SSSR count). The van der Waals surface area contributed by atoms with Crippen LogP contribution in [0.4, 0.5) is 0 Å². The number of hydrogen-bond acceptors (Lipinski definition) is 6. The van der Waals surface area contributed by atoms with E-state index in [2.05, 4.69) is 26.9 Å². The summed E-state index contributed by atoms with van der Waals surface area (Å²) in [5.41, 5.74) is 4.07. The van der Waals surface area contributed by atoms with Crippen LogP contribution < -0.4 is 10.1 Å². The van der Waals surface area contributed by atoms with Gasteiger partial charge in [0, 0.05) is 12.1 Å². The van der Waals surface area contributed by atoms with Gasteiger partial charge in [0.15, 0.2) is 0 Å². The van der Waals surface area contributed by atoms with Crippen LogP contribution in [0.3, 0.4) is 0 Å². The Morgan fingerprint density at radius 2 is 2.04 bits per heavy atom. The number of nitrogens with zero attached hydrogens (tertiary/aromatic N) is 4. The van der Waals surface area contributed by atoms with E-state index in [0.717, 1.165) is 22.6 Å². The molecule has 0 fully saturated rings. The van der Waals surface area contributed by atoms with E-state index >= 15 is 0 Å². The van der Waals surface area contributed by atoms with E-state index in [1.54, 1.807) is 11.8 Å². The standard InChI is InChI=1S/C20H23N5O2S/c1-13-9-10-17(14(2)11-13)25-20(22-23-24-25)28-15(3)19(26)21-12-16-7-5-6-8-18(16)27-4/h5-11,15H,12H2,1-4H3,(H,21,26)/t15-/m1/s1. The zero-order chi connectivity index (χ0) is 20.1. The fourth-order valence-corrected chi connectivity index (χ4v) is 3.66. The number of methoxy groups -OCH3 is 1. The lowest BCUT2D eigenvalue weighted by molar-refractivity contribution is -0.120. The maximum atomic E-state index is 12.6. The second-order valence-electron chi connectivity index (χ2n) is 6.45. The van der Waals surface area contributed by atoms with Crippen molar-refractivity contribution in [2.45, 2.75) is 37.7 Å². The van der Waals surface area contributed by atoms with Crippen molar-refractivity contribution in [1.29, 1.82) is 0 Å². The van der Waals surface area contributed by atoms with Gasteiger partial charge in [-0.1, -0.05) is 47.7 Å². The minimum atomic E-state index is -0.356. The van der Waals surface area contributed by atoms with Gasteiger partial charge in [-0.3, -0.25) is 4.79 Å². The van der Waals surface area contributed by atoms with Crippen LogP contribution in [0.1, 0.15) is 23.6 Å². The first kappa shape index (κ1) is 19.9. The minimum Gasteiger partial charge on any atom is -0.496 e. The lowest BCUT2D eigenvalue weighted by atomic mass is 10.1. The summed E-state index contributed by atoms with van der Waals surface area (Å²) in [6.45, 7) is 6.29. The number of amides is 1. The molecule has 0 aliphatic carbocycles. The summed E-state index contributed by atoms with van der Waals surface area (Å²) in [4.78, 5) is 12.6. The van der Waals surface area contributed by atoms with Crippen LogP contribution in [-0.4, -0.2) is 38.5 Å². The number of nitrogens with one attached hydrogen (secondary N) is 1. The van der Waals surface area contributed by atoms with Crippen molar-refractivity contribution < 1.29 is 9.53 Å². The minimum absolute atomic E-state index is 0.0916. The Hall–Kier alpha value is -2.87. The number of benzene rings is 2. The monoisotopic (exact) mass is 397 g/mol. The molecule has 0 saturated carbocycles. The fraction of sp³-hybridized carbons (Fsp3) is 0.300. The average Bonchev–Trinajstić information content (AvgIpc) is 3.14. The highest BCUT2D eigenvalue weighted by molar-refractivity contribution is 8.00. The predicted molar refractivity (Wildman–Crippen MR) is 109 cm³/mol. The molecule has 1 N–H and O–H groups in total. The number of tetrazole rings is 1. The lowest BCUT2D eigenvalue weighted by Gasteiger charge is -2.14. The van der Waals surface area contributed by atoms with Gasteiger partial charge in [0.25, 0.3) is 0 Å². The summed E-state index contributed by atoms with van der Waals surface area (Å²) >= 11 is 1.32. The first-order chi connectivity index (χ1) is 13.5. The van der Waals surface area contributed by atoms with Crippen LogP contribution in [0, 0.1) is 13.8 Å². The molecule has 0 radical (unpaired) electrons. The number of thioether (sulfide) groups is 1. The Labute approximate surface area is 168 Å². The van der Waals surface area contributed by atoms with Gasteiger partial charge >= 0.3 is 0 Å². The Morgan fingerprint density at radius 3 is 2.79 bits per heavy atom. The van der Waals surface area contributed by atoms with Crippen LogP contribution in [0.5, 0.6) is 5.75 Å². The van der Waals surface area contributed by atoms with Gasteiger partial charge in [-0.15, -0.1) is 5.10 Å². The molecule has 0 unspecified atom stereocenters. The molecule has 1 aromatic heterocycles. The van der Waals surface area contributed by atoms with Gasteiger partial charge in [-0.2, -0.15) is 4.68 Å². The Balaban J connectivity index is 1.67. The molecular weight excluding hydrogens is 374 g/mol. The predicted octanol–water partition coefficient (Wildman–Crippen LogP) is 3.08. The first-order valence-electron chi connectivity index (χ1n) is 8.92. The molecule has 7 nitrogen and oxygen atoms in total. The Bertz CT molecular complexity index is 973. The van der Waals surface area contributed by atoms with E-state index in [1.807, 2.05) is 57.2 Å². The normalized spacial score (nSPS) is 11.9. The van der Waals surface area contributed by atoms with E-state index in [-0.39, 0.29) is 11.2 Å². The summed E-state index contributed by atoms with van der Waals surface area (Å²) in [6, 6.07) is 13.7. The average molecular weight is 398 g/mol. The maximum Gasteiger partial charge on any atom is 0.233 e. The Kier molecular flexibility index (Phi) is 6.30. The summed E-state index contributed by atoms with van der Waals surface area (Å²) < 4.78 is 6.99. The summed E-state index contributed by atoms with van der Waals surface area (Å²) in [6.07, 6.45) is 0. The summed E-state index contributed by atoms with van der Waals surface area (Å²) in [5.74, 6) is 0.660. The third kappa shape index (κ3) is 4.51. The number of carbonyl (C=O) groups is 1. The van der Waals surface area contributed by atoms with Crippen LogP contribution in [0.15, 0.2) is 47.6 Å². The quantitative estimate of drug-likeness (QED) is 0.617. The van der Waals surface area contributed by atoms with Crippen LogP contribution in [-0.2, 0) is 11.3 Å². The second kappa shape index (κ2) is 8.88. The molecule has 8 heteroatoms. The van der Waals surface area contributed by atoms with E-state index in [1.165, 1.54) is 17.3 Å². The van der Waals surface area contributed by atoms with Crippen LogP contribution in [0.2, 0.25) is 0 Å². The van der Waals surface area contributed by atoms with Crippen molar-refractivity contribution >= 4 is 17.7 Å². The number of rotatable bonds is 7. The van der Waals surface area contributed by atoms with Gasteiger partial charge in [-0.05, 0) is 48.9 Å². The second-order valence-corrected chi connectivity index (χ2v) is 7.76. The third-order valence-corrected chi connectivity index (χ3v) is 5.35. The topological polar surface area (TPSA) is 81.9 Å². The molecule has 146 valence electrons. The first-order valence-corrected chi connectivity index (χ1v) is 9.80. The highest BCUT2D eigenvalue weighted by atomic mass is 32.2. The largest absolute Gasteiger partial charge is 0.496 e. The molecule has 2 aromatic carbocycles. The van der Waals surface area contributed by atoms with Crippen molar-refractivity contribution in [1.82, 2.24) is 25.5 Å². The molecule has 0 bridgehead atoms. The van der Waals surface area contributed by atoms with E-state index in [9.17, 15) is 4.79 Å². The van der Waals surface area contributed by atoms with Crippen molar-refractivity contribution in [3.8, 4) is 11.4 Å². The number of aromatic nitrogens is 4. The van der Waals surface area contributed by atoms with Crippen molar-refractivity contribution in [3.05, 3.63) is 59.2 Å². The van der Waals surface area contributed by atoms with Crippen molar-refractivity contribution in [3.63, 3.8) is 0 Å². The SMILES string of the molecule is COc1ccccc1CNC(=O)[C@@H](C)Sc1nnnn1-c1ccc(C)cc1C. The zero-order valence-electron chi connectivity index (χ0n) is 16.3. The van der Waals surface area contributed by atoms with E-state index in [0.29, 0.717) is 11.7 Å². The smallest absolute Gasteiger partial charge is 0.233 e. The molecule has 1 heterocycles. The third-order valence-electron chi connectivity index (χ3n) is 4.32. The number of ether oxygens (including phenoxy) is 1. The molecule has 0 saturated heterocycles. The number of hydrogen-bond donors (Lipinski definition) is 1. The van der Waals surface area contributed by atoms with Gasteiger partial charge in [0.2, 0.25) is 11.1 Å². The van der Waals surface area contributed by atoms with E-state index < -0.39 is 0 Å². The molecule has 0 aliphatic rings. The highest BCUT2D eigenvalue weighted by Gasteiger charge is 2.20. The number of carbonyl (C=O) groups excluding carboxylic acids is 1. The van der Waals surface area contributed by atoms with Gasteiger partial charge in [0.1, 0.15) is 5.75 Å². The van der Waals surface area contributed by atoms with Gasteiger partial charge in [0.05, 0.1) is 18.0 Å². The number of para-hydroxylation sites is 1. The molecule has 3 aromatic rings. The highest BCUT2D eigenvalue weighted by Crippen LogP contribution is 2.25. The molecular formula is C20H23N5O2S. The maximum absolute atomic E-state index is 12.6. The summed E-state index contributed by atoms with van der Waals surface area (Å²) in [7, 11) is 1.62. The van der Waals surface area contributed by atoms with Gasteiger partial charge in [-0.25, -0.2) is 0 Å². The molecule has 0 spiro atoms. The zero-order valence-corrected chi connectivity index (χ0v) is 17.2. The summed E-state index contributed by atoms with van der Waals surface area (Å²) in [5, 5.41) is 15.1. The number of aryl methyl sites for hydroxylation is 2. The lowest BCUT2D eigenvalue weighted by Crippen LogP contribution is -2.30. The van der Waals surface area contributed by atoms with Gasteiger partial charge < -0.3 is 10.1 Å². The molecule has 28 heavy (non-hydrogen) atoms. The van der Waals surface area contributed by atoms with E-state index in [4.69, 9.17) is 4.74 Å². The molecule has 0 aliphatic heterocycles. The molecule has 1 atom stereocenters. The van der Waals surface area contributed by atoms with Crippen LogP contribution >= 0.6 is 11.8 Å². The fourth-order valence-electron chi connectivity index (χ4n) is 2.83.